The lowest BCUT2D eigenvalue weighted by atomic mass is 9.49. The third-order valence-corrected chi connectivity index (χ3v) is 7.89. The molecule has 0 aromatic carbocycles. The summed E-state index contributed by atoms with van der Waals surface area (Å²) in [6.07, 6.45) is 9.42. The van der Waals surface area contributed by atoms with Crippen LogP contribution < -0.4 is 0 Å². The fraction of sp³-hybridized carbons (Fsp3) is 0.875. The number of hydrogen-bond acceptors (Lipinski definition) is 3. The fourth-order valence-corrected chi connectivity index (χ4v) is 5.45. The smallest absolute Gasteiger partial charge is 0.222 e. The van der Waals surface area contributed by atoms with Gasteiger partial charge in [0.15, 0.2) is 0 Å². The van der Waals surface area contributed by atoms with E-state index in [1.807, 2.05) is 0 Å². The van der Waals surface area contributed by atoms with Crippen molar-refractivity contribution < 1.29 is 4.79 Å². The number of carbonyl (C=O) groups is 1. The molecule has 0 N–H and O–H groups in total. The van der Waals surface area contributed by atoms with Crippen LogP contribution in [0.1, 0.15) is 66.2 Å². The molecule has 2 bridgehead atoms. The Morgan fingerprint density at radius 3 is 2.54 bits per heavy atom. The fourth-order valence-electron chi connectivity index (χ4n) is 5.45. The number of allylic oxidation sites excluding steroid dienone is 1. The molecule has 4 aliphatic rings. The molecule has 2 fully saturated rings. The monoisotopic (exact) mass is 389 g/mol. The van der Waals surface area contributed by atoms with Gasteiger partial charge in [-0.2, -0.15) is 0 Å². The van der Waals surface area contributed by atoms with Gasteiger partial charge in [-0.1, -0.05) is 52.2 Å². The van der Waals surface area contributed by atoms with E-state index in [0.717, 1.165) is 77.0 Å². The van der Waals surface area contributed by atoms with Crippen LogP contribution in [0.5, 0.6) is 0 Å². The zero-order valence-electron chi connectivity index (χ0n) is 18.9. The molecule has 4 heteroatoms. The Bertz CT molecular complexity index is 548. The lowest BCUT2D eigenvalue weighted by Crippen LogP contribution is -2.51. The molecule has 28 heavy (non-hydrogen) atoms. The molecule has 2 atom stereocenters. The van der Waals surface area contributed by atoms with Gasteiger partial charge in [0, 0.05) is 52.2 Å². The first-order chi connectivity index (χ1) is 13.5. The molecule has 4 nitrogen and oxygen atoms in total. The Kier molecular flexibility index (Phi) is 7.60. The van der Waals surface area contributed by atoms with Gasteiger partial charge in [0.2, 0.25) is 5.91 Å². The predicted molar refractivity (Wildman–Crippen MR) is 117 cm³/mol. The Morgan fingerprint density at radius 1 is 1.18 bits per heavy atom. The van der Waals surface area contributed by atoms with Gasteiger partial charge < -0.3 is 4.90 Å². The molecule has 1 amide bonds. The molecule has 0 radical (unpaired) electrons. The second-order valence-electron chi connectivity index (χ2n) is 9.87. The molecule has 0 aromatic heterocycles. The maximum Gasteiger partial charge on any atom is 0.222 e. The topological polar surface area (TPSA) is 26.8 Å². The van der Waals surface area contributed by atoms with Crippen molar-refractivity contribution in [1.29, 1.82) is 0 Å². The number of fused-ring (bicyclic) bond motifs is 1. The summed E-state index contributed by atoms with van der Waals surface area (Å²) in [7, 11) is 0. The highest BCUT2D eigenvalue weighted by molar-refractivity contribution is 5.76. The largest absolute Gasteiger partial charge is 0.340 e. The molecule has 2 unspecified atom stereocenters. The Balaban J connectivity index is 1.37. The highest BCUT2D eigenvalue weighted by Gasteiger charge is 2.51. The molecular weight excluding hydrogens is 346 g/mol. The van der Waals surface area contributed by atoms with Gasteiger partial charge in [0.1, 0.15) is 0 Å². The standard InChI is InChI=1S/C24H43N3O/c1-5-7-8-9-23(28)27-16-14-26(15-17-27)13-12-25(6-2)19-20-10-11-21-18-22(20)24(21,3)4/h10,21-22H,5-9,11-19H2,1-4H3. The first kappa shape index (κ1) is 21.8. The number of rotatable bonds is 10. The Labute approximate surface area is 173 Å². The van der Waals surface area contributed by atoms with E-state index >= 15 is 0 Å². The lowest BCUT2D eigenvalue weighted by molar-refractivity contribution is -0.133. The van der Waals surface area contributed by atoms with E-state index in [9.17, 15) is 4.79 Å². The number of likely N-dealkylation sites (N-methyl/N-ethyl adjacent to an activating group) is 1. The molecule has 4 rings (SSSR count). The Hall–Kier alpha value is -0.870. The zero-order chi connectivity index (χ0) is 20.1. The molecule has 1 saturated carbocycles. The Morgan fingerprint density at radius 2 is 1.93 bits per heavy atom. The summed E-state index contributed by atoms with van der Waals surface area (Å²) in [5.74, 6) is 2.12. The summed E-state index contributed by atoms with van der Waals surface area (Å²) in [5.41, 5.74) is 2.24. The normalized spacial score (nSPS) is 26.9. The van der Waals surface area contributed by atoms with Crippen molar-refractivity contribution in [2.45, 2.75) is 66.2 Å². The highest BCUT2D eigenvalue weighted by Crippen LogP contribution is 2.59. The minimum Gasteiger partial charge on any atom is -0.340 e. The van der Waals surface area contributed by atoms with Crippen molar-refractivity contribution in [3.05, 3.63) is 11.6 Å². The summed E-state index contributed by atoms with van der Waals surface area (Å²) in [4.78, 5) is 19.6. The SMILES string of the molecule is CCCCCC(=O)N1CCN(CCN(CC)CC2=CCC3CC2C3(C)C)CC1. The first-order valence-electron chi connectivity index (χ1n) is 11.9. The zero-order valence-corrected chi connectivity index (χ0v) is 18.9. The summed E-state index contributed by atoms with van der Waals surface area (Å²) >= 11 is 0. The molecule has 0 spiro atoms. The summed E-state index contributed by atoms with van der Waals surface area (Å²) in [5, 5.41) is 0. The van der Waals surface area contributed by atoms with Crippen LogP contribution in [-0.4, -0.2) is 73.0 Å². The number of piperazine rings is 1. The van der Waals surface area contributed by atoms with E-state index in [1.165, 1.54) is 25.7 Å². The molecule has 1 saturated heterocycles. The minimum absolute atomic E-state index is 0.369. The van der Waals surface area contributed by atoms with Gasteiger partial charge in [0.05, 0.1) is 0 Å². The number of amides is 1. The average molecular weight is 390 g/mol. The van der Waals surface area contributed by atoms with Crippen LogP contribution in [0.25, 0.3) is 0 Å². The van der Waals surface area contributed by atoms with Crippen LogP contribution in [0.4, 0.5) is 0 Å². The molecule has 1 heterocycles. The van der Waals surface area contributed by atoms with Gasteiger partial charge in [-0.05, 0) is 43.1 Å². The predicted octanol–water partition coefficient (Wildman–Crippen LogP) is 4.03. The quantitative estimate of drug-likeness (QED) is 0.417. The molecular formula is C24H43N3O. The number of unbranched alkanes of at least 4 members (excludes halogenated alkanes) is 2. The van der Waals surface area contributed by atoms with Crippen molar-refractivity contribution in [3.8, 4) is 0 Å². The highest BCUT2D eigenvalue weighted by atomic mass is 16.2. The minimum atomic E-state index is 0.369. The number of hydrogen-bond donors (Lipinski definition) is 0. The molecule has 3 aliphatic carbocycles. The second-order valence-corrected chi connectivity index (χ2v) is 9.87. The van der Waals surface area contributed by atoms with Gasteiger partial charge >= 0.3 is 0 Å². The van der Waals surface area contributed by atoms with E-state index in [4.69, 9.17) is 0 Å². The maximum absolute atomic E-state index is 12.3. The molecule has 160 valence electrons. The van der Waals surface area contributed by atoms with Crippen LogP contribution in [0.3, 0.4) is 0 Å². The van der Waals surface area contributed by atoms with Gasteiger partial charge in [-0.25, -0.2) is 0 Å². The lowest BCUT2D eigenvalue weighted by Gasteiger charge is -2.57. The van der Waals surface area contributed by atoms with Crippen molar-refractivity contribution >= 4 is 5.91 Å². The van der Waals surface area contributed by atoms with Gasteiger partial charge in [0.25, 0.3) is 0 Å². The van der Waals surface area contributed by atoms with Crippen LogP contribution in [0.2, 0.25) is 0 Å². The maximum atomic E-state index is 12.3. The number of carbonyl (C=O) groups excluding carboxylic acids is 1. The van der Waals surface area contributed by atoms with Crippen LogP contribution in [0, 0.1) is 17.3 Å². The van der Waals surface area contributed by atoms with Crippen molar-refractivity contribution in [1.82, 2.24) is 14.7 Å². The molecule has 1 aliphatic heterocycles. The third-order valence-electron chi connectivity index (χ3n) is 7.89. The van der Waals surface area contributed by atoms with Crippen LogP contribution in [0.15, 0.2) is 11.6 Å². The van der Waals surface area contributed by atoms with Crippen molar-refractivity contribution in [3.63, 3.8) is 0 Å². The summed E-state index contributed by atoms with van der Waals surface area (Å²) < 4.78 is 0. The van der Waals surface area contributed by atoms with Crippen LogP contribution in [-0.2, 0) is 4.79 Å². The van der Waals surface area contributed by atoms with E-state index in [0.29, 0.717) is 11.3 Å². The summed E-state index contributed by atoms with van der Waals surface area (Å²) in [6.45, 7) is 17.9. The first-order valence-corrected chi connectivity index (χ1v) is 11.9. The van der Waals surface area contributed by atoms with Crippen molar-refractivity contribution in [2.75, 3.05) is 52.4 Å². The van der Waals surface area contributed by atoms with E-state index in [-0.39, 0.29) is 0 Å². The average Bonchev–Trinajstić information content (AvgIpc) is 2.71. The third kappa shape index (κ3) is 4.99. The molecule has 0 aromatic rings. The van der Waals surface area contributed by atoms with Gasteiger partial charge in [-0.15, -0.1) is 0 Å². The number of nitrogens with zero attached hydrogens (tertiary/aromatic N) is 3. The summed E-state index contributed by atoms with van der Waals surface area (Å²) in [6, 6.07) is 0. The van der Waals surface area contributed by atoms with E-state index < -0.39 is 0 Å². The van der Waals surface area contributed by atoms with Crippen LogP contribution >= 0.6 is 0 Å². The van der Waals surface area contributed by atoms with Gasteiger partial charge in [-0.3, -0.25) is 14.6 Å². The van der Waals surface area contributed by atoms with E-state index in [1.54, 1.807) is 5.57 Å². The second kappa shape index (κ2) is 9.75. The van der Waals surface area contributed by atoms with E-state index in [2.05, 4.69) is 48.5 Å². The van der Waals surface area contributed by atoms with Crippen molar-refractivity contribution in [2.24, 2.45) is 17.3 Å².